The highest BCUT2D eigenvalue weighted by Gasteiger charge is 2.28. The summed E-state index contributed by atoms with van der Waals surface area (Å²) in [5.41, 5.74) is 5.24. The smallest absolute Gasteiger partial charge is 0.226 e. The molecule has 1 atom stereocenters. The molecule has 2 aromatic rings. The topological polar surface area (TPSA) is 49.4 Å². The minimum atomic E-state index is -0.303. The first-order valence-corrected chi connectivity index (χ1v) is 10.3. The summed E-state index contributed by atoms with van der Waals surface area (Å²) >= 11 is 0. The summed E-state index contributed by atoms with van der Waals surface area (Å²) in [4.78, 5) is 27.0. The zero-order chi connectivity index (χ0) is 21.1. The molecule has 1 aliphatic heterocycles. The first-order valence-electron chi connectivity index (χ1n) is 10.3. The van der Waals surface area contributed by atoms with Crippen molar-refractivity contribution in [1.29, 1.82) is 0 Å². The predicted molar refractivity (Wildman–Crippen MR) is 119 cm³/mol. The van der Waals surface area contributed by atoms with Gasteiger partial charge in [-0.1, -0.05) is 70.2 Å². The normalized spacial score (nSPS) is 15.6. The Balaban J connectivity index is 1.91. The van der Waals surface area contributed by atoms with Crippen molar-refractivity contribution in [3.63, 3.8) is 0 Å². The van der Waals surface area contributed by atoms with Crippen molar-refractivity contribution in [3.05, 3.63) is 70.9 Å². The van der Waals surface area contributed by atoms with Crippen LogP contribution in [-0.4, -0.2) is 16.7 Å². The standard InChI is InChI=1S/C25H30N2O2/c1-16(2)20-11-8-12-21(17(3)4)25(20)26-24(29)15-23-22-10-7-6-9-19(22)13-14-27(23)18(5)28/h6-14,16-17,23H,15H2,1-5H3,(H,26,29). The fraction of sp³-hybridized carbons (Fsp3) is 0.360. The van der Waals surface area contributed by atoms with Gasteiger partial charge in [0.2, 0.25) is 11.8 Å². The van der Waals surface area contributed by atoms with Gasteiger partial charge in [-0.25, -0.2) is 0 Å². The lowest BCUT2D eigenvalue weighted by Crippen LogP contribution is -2.33. The van der Waals surface area contributed by atoms with Crippen molar-refractivity contribution in [1.82, 2.24) is 4.90 Å². The molecule has 0 fully saturated rings. The van der Waals surface area contributed by atoms with Crippen LogP contribution in [-0.2, 0) is 9.59 Å². The van der Waals surface area contributed by atoms with E-state index in [2.05, 4.69) is 51.2 Å². The van der Waals surface area contributed by atoms with Crippen LogP contribution in [0.1, 0.15) is 81.2 Å². The van der Waals surface area contributed by atoms with Crippen LogP contribution < -0.4 is 5.32 Å². The average Bonchev–Trinajstić information content (AvgIpc) is 2.67. The predicted octanol–water partition coefficient (Wildman–Crippen LogP) is 5.84. The summed E-state index contributed by atoms with van der Waals surface area (Å²) < 4.78 is 0. The SMILES string of the molecule is CC(=O)N1C=Cc2ccccc2C1CC(=O)Nc1c(C(C)C)cccc1C(C)C. The lowest BCUT2D eigenvalue weighted by Gasteiger charge is -2.32. The third-order valence-corrected chi connectivity index (χ3v) is 5.49. The Morgan fingerprint density at radius 3 is 2.17 bits per heavy atom. The van der Waals surface area contributed by atoms with Gasteiger partial charge < -0.3 is 10.2 Å². The fourth-order valence-corrected chi connectivity index (χ4v) is 3.97. The largest absolute Gasteiger partial charge is 0.325 e. The highest BCUT2D eigenvalue weighted by molar-refractivity contribution is 5.94. The molecule has 2 amide bonds. The summed E-state index contributed by atoms with van der Waals surface area (Å²) in [6.07, 6.45) is 3.92. The highest BCUT2D eigenvalue weighted by atomic mass is 16.2. The number of hydrogen-bond donors (Lipinski definition) is 1. The molecule has 0 bridgehead atoms. The second kappa shape index (κ2) is 8.64. The van der Waals surface area contributed by atoms with Crippen LogP contribution in [0.25, 0.3) is 6.08 Å². The van der Waals surface area contributed by atoms with Crippen molar-refractivity contribution >= 4 is 23.6 Å². The molecular formula is C25H30N2O2. The van der Waals surface area contributed by atoms with Crippen LogP contribution in [0.3, 0.4) is 0 Å². The Bertz CT molecular complexity index is 917. The van der Waals surface area contributed by atoms with E-state index in [4.69, 9.17) is 0 Å². The number of anilines is 1. The Kier molecular flexibility index (Phi) is 6.21. The highest BCUT2D eigenvalue weighted by Crippen LogP contribution is 2.35. The van der Waals surface area contributed by atoms with Gasteiger partial charge in [0, 0.05) is 18.8 Å². The van der Waals surface area contributed by atoms with Gasteiger partial charge in [0.15, 0.2) is 0 Å². The molecule has 0 spiro atoms. The van der Waals surface area contributed by atoms with Crippen molar-refractivity contribution in [2.24, 2.45) is 0 Å². The molecule has 3 rings (SSSR count). The maximum Gasteiger partial charge on any atom is 0.226 e. The second-order valence-corrected chi connectivity index (χ2v) is 8.26. The summed E-state index contributed by atoms with van der Waals surface area (Å²) in [7, 11) is 0. The van der Waals surface area contributed by atoms with Crippen LogP contribution in [0.2, 0.25) is 0 Å². The average molecular weight is 391 g/mol. The molecule has 2 aromatic carbocycles. The summed E-state index contributed by atoms with van der Waals surface area (Å²) in [5, 5.41) is 3.18. The van der Waals surface area contributed by atoms with Gasteiger partial charge in [-0.2, -0.15) is 0 Å². The molecule has 0 saturated heterocycles. The summed E-state index contributed by atoms with van der Waals surface area (Å²) in [6.45, 7) is 10.1. The van der Waals surface area contributed by atoms with Crippen molar-refractivity contribution in [3.8, 4) is 0 Å². The minimum absolute atomic E-state index is 0.0704. The van der Waals surface area contributed by atoms with Crippen LogP contribution in [0.5, 0.6) is 0 Å². The Hall–Kier alpha value is -2.88. The first-order chi connectivity index (χ1) is 13.8. The van der Waals surface area contributed by atoms with Gasteiger partial charge in [-0.3, -0.25) is 9.59 Å². The number of carbonyl (C=O) groups excluding carboxylic acids is 2. The van der Waals surface area contributed by atoms with E-state index in [9.17, 15) is 9.59 Å². The number of rotatable bonds is 5. The number of hydrogen-bond acceptors (Lipinski definition) is 2. The molecule has 0 radical (unpaired) electrons. The van der Waals surface area contributed by atoms with Gasteiger partial charge in [-0.05, 0) is 40.2 Å². The van der Waals surface area contributed by atoms with Crippen LogP contribution in [0, 0.1) is 0 Å². The van der Waals surface area contributed by atoms with E-state index in [1.54, 1.807) is 11.1 Å². The van der Waals surface area contributed by atoms with Crippen molar-refractivity contribution in [2.75, 3.05) is 5.32 Å². The molecule has 152 valence electrons. The number of carbonyl (C=O) groups is 2. The first kappa shape index (κ1) is 20.8. The summed E-state index contributed by atoms with van der Waals surface area (Å²) in [6, 6.07) is 13.8. The molecule has 0 aromatic heterocycles. The zero-order valence-electron chi connectivity index (χ0n) is 17.9. The lowest BCUT2D eigenvalue weighted by atomic mass is 9.91. The second-order valence-electron chi connectivity index (χ2n) is 8.26. The van der Waals surface area contributed by atoms with Crippen LogP contribution in [0.4, 0.5) is 5.69 Å². The monoisotopic (exact) mass is 390 g/mol. The third-order valence-electron chi connectivity index (χ3n) is 5.49. The van der Waals surface area contributed by atoms with E-state index in [-0.39, 0.29) is 24.3 Å². The molecule has 1 N–H and O–H groups in total. The van der Waals surface area contributed by atoms with Crippen molar-refractivity contribution < 1.29 is 9.59 Å². The number of benzene rings is 2. The molecule has 1 aliphatic rings. The third kappa shape index (κ3) is 4.42. The number of nitrogens with zero attached hydrogens (tertiary/aromatic N) is 1. The number of fused-ring (bicyclic) bond motifs is 1. The Morgan fingerprint density at radius 2 is 1.59 bits per heavy atom. The van der Waals surface area contributed by atoms with E-state index in [0.29, 0.717) is 11.8 Å². The fourth-order valence-electron chi connectivity index (χ4n) is 3.97. The van der Waals surface area contributed by atoms with E-state index in [0.717, 1.165) is 27.9 Å². The molecule has 4 nitrogen and oxygen atoms in total. The van der Waals surface area contributed by atoms with Gasteiger partial charge in [0.05, 0.1) is 12.5 Å². The molecule has 1 heterocycles. The number of nitrogens with one attached hydrogen (secondary N) is 1. The van der Waals surface area contributed by atoms with Crippen LogP contribution >= 0.6 is 0 Å². The van der Waals surface area contributed by atoms with E-state index < -0.39 is 0 Å². The quantitative estimate of drug-likeness (QED) is 0.697. The van der Waals surface area contributed by atoms with E-state index in [1.165, 1.54) is 6.92 Å². The molecule has 29 heavy (non-hydrogen) atoms. The number of para-hydroxylation sites is 1. The van der Waals surface area contributed by atoms with Gasteiger partial charge in [0.25, 0.3) is 0 Å². The Labute approximate surface area is 173 Å². The van der Waals surface area contributed by atoms with E-state index >= 15 is 0 Å². The van der Waals surface area contributed by atoms with Crippen LogP contribution in [0.15, 0.2) is 48.7 Å². The van der Waals surface area contributed by atoms with Gasteiger partial charge in [-0.15, -0.1) is 0 Å². The van der Waals surface area contributed by atoms with E-state index in [1.807, 2.05) is 30.3 Å². The zero-order valence-corrected chi connectivity index (χ0v) is 17.9. The molecule has 0 saturated carbocycles. The lowest BCUT2D eigenvalue weighted by molar-refractivity contribution is -0.129. The molecule has 0 aliphatic carbocycles. The van der Waals surface area contributed by atoms with Crippen molar-refractivity contribution in [2.45, 2.75) is 58.9 Å². The molecular weight excluding hydrogens is 360 g/mol. The number of amides is 2. The minimum Gasteiger partial charge on any atom is -0.325 e. The molecule has 4 heteroatoms. The van der Waals surface area contributed by atoms with Gasteiger partial charge >= 0.3 is 0 Å². The maximum atomic E-state index is 13.1. The summed E-state index contributed by atoms with van der Waals surface area (Å²) in [5.74, 6) is 0.451. The van der Waals surface area contributed by atoms with Gasteiger partial charge in [0.1, 0.15) is 0 Å². The Morgan fingerprint density at radius 1 is 0.966 bits per heavy atom. The maximum absolute atomic E-state index is 13.1. The molecule has 1 unspecified atom stereocenters.